The Balaban J connectivity index is 1.97. The highest BCUT2D eigenvalue weighted by molar-refractivity contribution is 9.10. The van der Waals surface area contributed by atoms with Crippen molar-refractivity contribution in [2.24, 2.45) is 5.92 Å². The van der Waals surface area contributed by atoms with Crippen molar-refractivity contribution in [3.63, 3.8) is 0 Å². The van der Waals surface area contributed by atoms with Gasteiger partial charge in [0.1, 0.15) is 0 Å². The zero-order chi connectivity index (χ0) is 13.9. The summed E-state index contributed by atoms with van der Waals surface area (Å²) < 4.78 is 29.6. The molecule has 106 valence electrons. The fourth-order valence-corrected chi connectivity index (χ4v) is 4.08. The molecular formula is C13H19BrN2O2S. The Morgan fingerprint density at radius 1 is 1.47 bits per heavy atom. The summed E-state index contributed by atoms with van der Waals surface area (Å²) in [6, 6.07) is 7.65. The maximum absolute atomic E-state index is 12.2. The number of hydrogen-bond donors (Lipinski definition) is 1. The Kier molecular flexibility index (Phi) is 5.00. The Morgan fingerprint density at radius 3 is 2.95 bits per heavy atom. The predicted octanol–water partition coefficient (Wildman–Crippen LogP) is 2.52. The molecule has 1 unspecified atom stereocenters. The fraction of sp³-hybridized carbons (Fsp3) is 0.538. The summed E-state index contributed by atoms with van der Waals surface area (Å²) in [5.74, 6) is 0.441. The Bertz CT molecular complexity index is 533. The molecule has 0 radical (unpaired) electrons. The number of nitrogens with one attached hydrogen (secondary N) is 1. The van der Waals surface area contributed by atoms with E-state index in [-0.39, 0.29) is 0 Å². The minimum atomic E-state index is -3.36. The summed E-state index contributed by atoms with van der Waals surface area (Å²) in [4.78, 5) is 0. The van der Waals surface area contributed by atoms with Crippen LogP contribution in [0.4, 0.5) is 0 Å². The monoisotopic (exact) mass is 346 g/mol. The molecule has 2 rings (SSSR count). The smallest absolute Gasteiger partial charge is 0.198 e. The molecule has 1 atom stereocenters. The first-order valence-corrected chi connectivity index (χ1v) is 8.70. The van der Waals surface area contributed by atoms with Crippen molar-refractivity contribution in [3.8, 4) is 0 Å². The fourth-order valence-electron chi connectivity index (χ4n) is 2.28. The van der Waals surface area contributed by atoms with E-state index >= 15 is 0 Å². The van der Waals surface area contributed by atoms with Crippen molar-refractivity contribution in [1.82, 2.24) is 9.03 Å². The van der Waals surface area contributed by atoms with Crippen molar-refractivity contribution in [2.75, 3.05) is 13.1 Å². The number of halogens is 1. The molecule has 1 aromatic carbocycles. The molecule has 1 aliphatic heterocycles. The Morgan fingerprint density at radius 2 is 2.26 bits per heavy atom. The molecule has 19 heavy (non-hydrogen) atoms. The molecule has 1 fully saturated rings. The lowest BCUT2D eigenvalue weighted by molar-refractivity contribution is 0.278. The van der Waals surface area contributed by atoms with Gasteiger partial charge >= 0.3 is 0 Å². The first-order chi connectivity index (χ1) is 8.97. The first kappa shape index (κ1) is 15.0. The maximum Gasteiger partial charge on any atom is 0.279 e. The third kappa shape index (κ3) is 4.27. The summed E-state index contributed by atoms with van der Waals surface area (Å²) in [5, 5.41) is 0. The lowest BCUT2D eigenvalue weighted by Crippen LogP contribution is -2.45. The van der Waals surface area contributed by atoms with Crippen molar-refractivity contribution in [3.05, 3.63) is 34.3 Å². The standard InChI is InChI=1S/C13H19BrN2O2S/c1-11-4-3-7-16(10-11)19(17,18)15-9-12-5-2-6-13(14)8-12/h2,5-6,8,11,15H,3-4,7,9-10H2,1H3. The maximum atomic E-state index is 12.2. The predicted molar refractivity (Wildman–Crippen MR) is 79.9 cm³/mol. The van der Waals surface area contributed by atoms with Gasteiger partial charge in [-0.05, 0) is 36.5 Å². The molecular weight excluding hydrogens is 328 g/mol. The average Bonchev–Trinajstić information content (AvgIpc) is 2.37. The van der Waals surface area contributed by atoms with Crippen LogP contribution in [0.25, 0.3) is 0 Å². The van der Waals surface area contributed by atoms with E-state index in [0.717, 1.165) is 22.9 Å². The highest BCUT2D eigenvalue weighted by Crippen LogP contribution is 2.18. The van der Waals surface area contributed by atoms with Crippen LogP contribution in [0, 0.1) is 5.92 Å². The molecule has 1 aliphatic rings. The third-order valence-electron chi connectivity index (χ3n) is 3.31. The number of piperidine rings is 1. The molecule has 0 bridgehead atoms. The van der Waals surface area contributed by atoms with E-state index in [0.29, 0.717) is 25.6 Å². The van der Waals surface area contributed by atoms with Crippen LogP contribution < -0.4 is 4.72 Å². The van der Waals surface area contributed by atoms with Crippen molar-refractivity contribution >= 4 is 26.1 Å². The number of benzene rings is 1. The average molecular weight is 347 g/mol. The Hall–Kier alpha value is -0.430. The van der Waals surface area contributed by atoms with E-state index in [1.165, 1.54) is 0 Å². The van der Waals surface area contributed by atoms with Crippen molar-refractivity contribution in [2.45, 2.75) is 26.3 Å². The second-order valence-electron chi connectivity index (χ2n) is 5.06. The summed E-state index contributed by atoms with van der Waals surface area (Å²) >= 11 is 3.38. The van der Waals surface area contributed by atoms with Gasteiger partial charge in [0.25, 0.3) is 10.2 Å². The quantitative estimate of drug-likeness (QED) is 0.910. The molecule has 0 saturated carbocycles. The minimum Gasteiger partial charge on any atom is -0.198 e. The zero-order valence-electron chi connectivity index (χ0n) is 11.0. The summed E-state index contributed by atoms with van der Waals surface area (Å²) in [5.41, 5.74) is 0.947. The van der Waals surface area contributed by atoms with E-state index in [1.54, 1.807) is 4.31 Å². The molecule has 1 heterocycles. The van der Waals surface area contributed by atoms with Gasteiger partial charge in [-0.1, -0.05) is 35.0 Å². The zero-order valence-corrected chi connectivity index (χ0v) is 13.4. The van der Waals surface area contributed by atoms with Gasteiger partial charge in [0.15, 0.2) is 0 Å². The molecule has 1 aromatic rings. The topological polar surface area (TPSA) is 49.4 Å². The summed E-state index contributed by atoms with van der Waals surface area (Å²) in [6.07, 6.45) is 2.05. The van der Waals surface area contributed by atoms with Gasteiger partial charge < -0.3 is 0 Å². The van der Waals surface area contributed by atoms with Crippen LogP contribution in [-0.4, -0.2) is 25.8 Å². The van der Waals surface area contributed by atoms with Gasteiger partial charge in [-0.15, -0.1) is 0 Å². The summed E-state index contributed by atoms with van der Waals surface area (Å²) in [6.45, 7) is 3.66. The Labute approximate surface area is 123 Å². The molecule has 6 heteroatoms. The lowest BCUT2D eigenvalue weighted by Gasteiger charge is -2.30. The molecule has 1 saturated heterocycles. The molecule has 0 spiro atoms. The van der Waals surface area contributed by atoms with E-state index in [9.17, 15) is 8.42 Å². The number of nitrogens with zero attached hydrogens (tertiary/aromatic N) is 1. The van der Waals surface area contributed by atoms with Gasteiger partial charge in [-0.2, -0.15) is 17.4 Å². The number of hydrogen-bond acceptors (Lipinski definition) is 2. The SMILES string of the molecule is CC1CCCN(S(=O)(=O)NCc2cccc(Br)c2)C1. The second kappa shape index (κ2) is 6.35. The van der Waals surface area contributed by atoms with Gasteiger partial charge in [-0.3, -0.25) is 0 Å². The highest BCUT2D eigenvalue weighted by atomic mass is 79.9. The van der Waals surface area contributed by atoms with Gasteiger partial charge in [0.2, 0.25) is 0 Å². The third-order valence-corrected chi connectivity index (χ3v) is 5.32. The molecule has 0 aliphatic carbocycles. The van der Waals surface area contributed by atoms with Crippen LogP contribution in [0.2, 0.25) is 0 Å². The molecule has 4 nitrogen and oxygen atoms in total. The minimum absolute atomic E-state index is 0.326. The summed E-state index contributed by atoms with van der Waals surface area (Å²) in [7, 11) is -3.36. The van der Waals surface area contributed by atoms with Crippen LogP contribution in [-0.2, 0) is 16.8 Å². The largest absolute Gasteiger partial charge is 0.279 e. The van der Waals surface area contributed by atoms with Crippen LogP contribution in [0.1, 0.15) is 25.3 Å². The van der Waals surface area contributed by atoms with E-state index < -0.39 is 10.2 Å². The van der Waals surface area contributed by atoms with E-state index in [4.69, 9.17) is 0 Å². The lowest BCUT2D eigenvalue weighted by atomic mass is 10.0. The van der Waals surface area contributed by atoms with Crippen LogP contribution in [0.5, 0.6) is 0 Å². The molecule has 1 N–H and O–H groups in total. The van der Waals surface area contributed by atoms with Crippen LogP contribution in [0.3, 0.4) is 0 Å². The molecule has 0 aromatic heterocycles. The number of rotatable bonds is 4. The van der Waals surface area contributed by atoms with Gasteiger partial charge in [-0.25, -0.2) is 0 Å². The second-order valence-corrected chi connectivity index (χ2v) is 7.73. The van der Waals surface area contributed by atoms with Crippen LogP contribution in [0.15, 0.2) is 28.7 Å². The normalized spacial score (nSPS) is 21.5. The van der Waals surface area contributed by atoms with Gasteiger partial charge in [0.05, 0.1) is 0 Å². The first-order valence-electron chi connectivity index (χ1n) is 6.46. The van der Waals surface area contributed by atoms with E-state index in [2.05, 4.69) is 27.6 Å². The highest BCUT2D eigenvalue weighted by Gasteiger charge is 2.26. The molecule has 0 amide bonds. The van der Waals surface area contributed by atoms with Crippen molar-refractivity contribution < 1.29 is 8.42 Å². The van der Waals surface area contributed by atoms with Gasteiger partial charge in [0, 0.05) is 24.1 Å². The van der Waals surface area contributed by atoms with Crippen LogP contribution >= 0.6 is 15.9 Å². The van der Waals surface area contributed by atoms with Crippen molar-refractivity contribution in [1.29, 1.82) is 0 Å². The van der Waals surface area contributed by atoms with E-state index in [1.807, 2.05) is 24.3 Å².